The minimum Gasteiger partial charge on any atom is -0.497 e. The number of rotatable bonds is 4. The third-order valence-electron chi connectivity index (χ3n) is 4.32. The number of hydrogen-bond donors (Lipinski definition) is 1. The maximum Gasteiger partial charge on any atom is 0.254 e. The van der Waals surface area contributed by atoms with Gasteiger partial charge in [0.05, 0.1) is 20.3 Å². The number of nitrogens with zero attached hydrogens (tertiary/aromatic N) is 1. The number of benzene rings is 2. The van der Waals surface area contributed by atoms with Gasteiger partial charge in [0.25, 0.3) is 5.91 Å². The Hall–Kier alpha value is -2.53. The van der Waals surface area contributed by atoms with Crippen molar-refractivity contribution in [2.75, 3.05) is 33.9 Å². The molecule has 0 aromatic heterocycles. The summed E-state index contributed by atoms with van der Waals surface area (Å²) in [7, 11) is 3.25. The fraction of sp³-hybridized carbons (Fsp3) is 0.316. The predicted molar refractivity (Wildman–Crippen MR) is 92.6 cm³/mol. The Labute approximate surface area is 142 Å². The number of hydrogen-bond acceptors (Lipinski definition) is 4. The van der Waals surface area contributed by atoms with Crippen LogP contribution in [0.2, 0.25) is 0 Å². The van der Waals surface area contributed by atoms with Crippen LogP contribution < -0.4 is 14.8 Å². The quantitative estimate of drug-likeness (QED) is 0.938. The number of carbonyl (C=O) groups excluding carboxylic acids is 1. The van der Waals surface area contributed by atoms with Gasteiger partial charge in [-0.15, -0.1) is 0 Å². The van der Waals surface area contributed by atoms with Crippen LogP contribution in [0.1, 0.15) is 22.0 Å². The van der Waals surface area contributed by atoms with Crippen molar-refractivity contribution in [1.82, 2.24) is 10.2 Å². The molecule has 0 radical (unpaired) electrons. The van der Waals surface area contributed by atoms with E-state index in [1.807, 2.05) is 47.4 Å². The molecule has 1 fully saturated rings. The Morgan fingerprint density at radius 3 is 2.54 bits per heavy atom. The van der Waals surface area contributed by atoms with Gasteiger partial charge in [0.15, 0.2) is 0 Å². The summed E-state index contributed by atoms with van der Waals surface area (Å²) in [6, 6.07) is 15.2. The monoisotopic (exact) mass is 326 g/mol. The molecule has 3 rings (SSSR count). The van der Waals surface area contributed by atoms with Crippen molar-refractivity contribution in [1.29, 1.82) is 0 Å². The molecule has 1 heterocycles. The van der Waals surface area contributed by atoms with Gasteiger partial charge in [-0.3, -0.25) is 4.79 Å². The zero-order chi connectivity index (χ0) is 16.9. The lowest BCUT2D eigenvalue weighted by molar-refractivity contribution is 0.0634. The van der Waals surface area contributed by atoms with Gasteiger partial charge >= 0.3 is 0 Å². The second-order valence-corrected chi connectivity index (χ2v) is 5.72. The van der Waals surface area contributed by atoms with E-state index in [4.69, 9.17) is 9.47 Å². The van der Waals surface area contributed by atoms with Gasteiger partial charge in [-0.1, -0.05) is 18.2 Å². The first-order valence-corrected chi connectivity index (χ1v) is 8.02. The largest absolute Gasteiger partial charge is 0.497 e. The smallest absolute Gasteiger partial charge is 0.254 e. The van der Waals surface area contributed by atoms with Gasteiger partial charge in [0.2, 0.25) is 0 Å². The summed E-state index contributed by atoms with van der Waals surface area (Å²) in [4.78, 5) is 14.9. The van der Waals surface area contributed by atoms with Crippen LogP contribution in [0.25, 0.3) is 0 Å². The van der Waals surface area contributed by atoms with Crippen molar-refractivity contribution < 1.29 is 14.3 Å². The Morgan fingerprint density at radius 2 is 1.83 bits per heavy atom. The van der Waals surface area contributed by atoms with Gasteiger partial charge in [0.1, 0.15) is 11.5 Å². The maximum atomic E-state index is 13.0. The second-order valence-electron chi connectivity index (χ2n) is 5.72. The fourth-order valence-corrected chi connectivity index (χ4v) is 2.99. The Bertz CT molecular complexity index is 700. The van der Waals surface area contributed by atoms with Crippen LogP contribution >= 0.6 is 0 Å². The highest BCUT2D eigenvalue weighted by molar-refractivity contribution is 5.95. The van der Waals surface area contributed by atoms with Gasteiger partial charge in [-0.25, -0.2) is 0 Å². The van der Waals surface area contributed by atoms with Crippen molar-refractivity contribution in [3.05, 3.63) is 59.7 Å². The summed E-state index contributed by atoms with van der Waals surface area (Å²) < 4.78 is 10.4. The van der Waals surface area contributed by atoms with E-state index in [9.17, 15) is 4.79 Å². The molecular formula is C19H22N2O3. The van der Waals surface area contributed by atoms with Crippen molar-refractivity contribution in [3.8, 4) is 11.5 Å². The maximum absolute atomic E-state index is 13.0. The first-order valence-electron chi connectivity index (χ1n) is 8.02. The average Bonchev–Trinajstić information content (AvgIpc) is 2.67. The third-order valence-corrected chi connectivity index (χ3v) is 4.32. The van der Waals surface area contributed by atoms with Crippen molar-refractivity contribution in [2.45, 2.75) is 6.04 Å². The molecule has 2 aromatic carbocycles. The number of carbonyl (C=O) groups is 1. The number of ether oxygens (including phenoxy) is 2. The van der Waals surface area contributed by atoms with Crippen LogP contribution in [0.4, 0.5) is 0 Å². The summed E-state index contributed by atoms with van der Waals surface area (Å²) in [5.41, 5.74) is 1.74. The van der Waals surface area contributed by atoms with E-state index in [0.717, 1.165) is 24.4 Å². The van der Waals surface area contributed by atoms with Crippen LogP contribution in [0.15, 0.2) is 48.5 Å². The first kappa shape index (κ1) is 16.3. The van der Waals surface area contributed by atoms with E-state index < -0.39 is 0 Å². The number of methoxy groups -OCH3 is 2. The summed E-state index contributed by atoms with van der Waals surface area (Å²) >= 11 is 0. The van der Waals surface area contributed by atoms with Crippen LogP contribution in [-0.4, -0.2) is 44.7 Å². The van der Waals surface area contributed by atoms with E-state index >= 15 is 0 Å². The van der Waals surface area contributed by atoms with E-state index in [1.165, 1.54) is 0 Å². The fourth-order valence-electron chi connectivity index (χ4n) is 2.99. The van der Waals surface area contributed by atoms with Crippen LogP contribution in [0.3, 0.4) is 0 Å². The Kier molecular flexibility index (Phi) is 5.01. The lowest BCUT2D eigenvalue weighted by Crippen LogP contribution is -2.48. The van der Waals surface area contributed by atoms with Gasteiger partial charge in [-0.05, 0) is 35.9 Å². The Morgan fingerprint density at radius 1 is 1.08 bits per heavy atom. The number of amides is 1. The highest BCUT2D eigenvalue weighted by atomic mass is 16.5. The van der Waals surface area contributed by atoms with Crippen molar-refractivity contribution in [2.24, 2.45) is 0 Å². The second kappa shape index (κ2) is 7.36. The molecule has 0 bridgehead atoms. The molecule has 0 spiro atoms. The van der Waals surface area contributed by atoms with Crippen LogP contribution in [0, 0.1) is 0 Å². The molecule has 126 valence electrons. The molecule has 1 amide bonds. The summed E-state index contributed by atoms with van der Waals surface area (Å²) in [6.45, 7) is 2.21. The predicted octanol–water partition coefficient (Wildman–Crippen LogP) is 2.49. The van der Waals surface area contributed by atoms with Gasteiger partial charge in [0, 0.05) is 25.2 Å². The highest BCUT2D eigenvalue weighted by Gasteiger charge is 2.28. The number of piperazine rings is 1. The van der Waals surface area contributed by atoms with Gasteiger partial charge < -0.3 is 19.7 Å². The molecule has 1 aliphatic rings. The van der Waals surface area contributed by atoms with Crippen LogP contribution in [-0.2, 0) is 0 Å². The van der Waals surface area contributed by atoms with Crippen molar-refractivity contribution >= 4 is 5.91 Å². The SMILES string of the molecule is COc1ccc(C2CNCCN2C(=O)c2cccc(OC)c2)cc1. The molecule has 0 saturated carbocycles. The molecule has 1 saturated heterocycles. The lowest BCUT2D eigenvalue weighted by Gasteiger charge is -2.36. The zero-order valence-electron chi connectivity index (χ0n) is 14.0. The van der Waals surface area contributed by atoms with Crippen LogP contribution in [0.5, 0.6) is 11.5 Å². The van der Waals surface area contributed by atoms with E-state index in [1.54, 1.807) is 20.3 Å². The summed E-state index contributed by atoms with van der Waals surface area (Å²) in [5.74, 6) is 1.53. The summed E-state index contributed by atoms with van der Waals surface area (Å²) in [5, 5.41) is 3.37. The average molecular weight is 326 g/mol. The molecule has 2 aromatic rings. The summed E-state index contributed by atoms with van der Waals surface area (Å²) in [6.07, 6.45) is 0. The molecule has 0 aliphatic carbocycles. The third kappa shape index (κ3) is 3.36. The minimum absolute atomic E-state index is 0.00311. The van der Waals surface area contributed by atoms with Gasteiger partial charge in [-0.2, -0.15) is 0 Å². The van der Waals surface area contributed by atoms with E-state index in [0.29, 0.717) is 17.9 Å². The normalized spacial score (nSPS) is 17.4. The standard InChI is InChI=1S/C19H22N2O3/c1-23-16-8-6-14(7-9-16)18-13-20-10-11-21(18)19(22)15-4-3-5-17(12-15)24-2/h3-9,12,18,20H,10-11,13H2,1-2H3. The molecule has 1 atom stereocenters. The molecule has 1 aliphatic heterocycles. The molecule has 1 unspecified atom stereocenters. The molecule has 1 N–H and O–H groups in total. The minimum atomic E-state index is 0.00311. The highest BCUT2D eigenvalue weighted by Crippen LogP contribution is 2.26. The zero-order valence-corrected chi connectivity index (χ0v) is 14.0. The molecular weight excluding hydrogens is 304 g/mol. The Balaban J connectivity index is 1.86. The van der Waals surface area contributed by atoms with Crippen molar-refractivity contribution in [3.63, 3.8) is 0 Å². The molecule has 5 heteroatoms. The molecule has 24 heavy (non-hydrogen) atoms. The lowest BCUT2D eigenvalue weighted by atomic mass is 10.0. The van der Waals surface area contributed by atoms with E-state index in [2.05, 4.69) is 5.32 Å². The number of nitrogens with one attached hydrogen (secondary N) is 1. The molecule has 5 nitrogen and oxygen atoms in total. The topological polar surface area (TPSA) is 50.8 Å². The first-order chi connectivity index (χ1) is 11.7. The van der Waals surface area contributed by atoms with E-state index in [-0.39, 0.29) is 11.9 Å².